The Morgan fingerprint density at radius 3 is 2.10 bits per heavy atom. The SMILES string of the molecule is CCC(C)(C)C(=O)OCC12OCC(OC(C)=O)(CO1)CO2. The maximum absolute atomic E-state index is 12.0. The van der Waals surface area contributed by atoms with Crippen molar-refractivity contribution in [1.29, 1.82) is 0 Å². The fourth-order valence-corrected chi connectivity index (χ4v) is 1.99. The average Bonchev–Trinajstić information content (AvgIpc) is 2.46. The van der Waals surface area contributed by atoms with Crippen LogP contribution in [0.2, 0.25) is 0 Å². The highest BCUT2D eigenvalue weighted by molar-refractivity contribution is 5.75. The summed E-state index contributed by atoms with van der Waals surface area (Å²) in [5.41, 5.74) is -1.47. The second-order valence-corrected chi connectivity index (χ2v) is 6.14. The third kappa shape index (κ3) is 3.36. The minimum atomic E-state index is -1.39. The summed E-state index contributed by atoms with van der Waals surface area (Å²) in [7, 11) is 0. The second kappa shape index (κ2) is 5.55. The number of ether oxygens (including phenoxy) is 5. The Morgan fingerprint density at radius 1 is 1.14 bits per heavy atom. The average molecular weight is 302 g/mol. The van der Waals surface area contributed by atoms with Crippen molar-refractivity contribution < 1.29 is 33.3 Å². The third-order valence-electron chi connectivity index (χ3n) is 3.84. The molecular weight excluding hydrogens is 280 g/mol. The molecule has 0 aromatic carbocycles. The van der Waals surface area contributed by atoms with Crippen molar-refractivity contribution in [3.05, 3.63) is 0 Å². The van der Waals surface area contributed by atoms with E-state index in [4.69, 9.17) is 23.7 Å². The van der Waals surface area contributed by atoms with Gasteiger partial charge in [-0.05, 0) is 20.3 Å². The molecule has 7 heteroatoms. The molecule has 2 bridgehead atoms. The molecule has 0 radical (unpaired) electrons. The van der Waals surface area contributed by atoms with Crippen LogP contribution in [0.1, 0.15) is 34.1 Å². The minimum absolute atomic E-state index is 0.147. The zero-order valence-corrected chi connectivity index (χ0v) is 12.9. The smallest absolute Gasteiger partial charge is 0.319 e. The van der Waals surface area contributed by atoms with Gasteiger partial charge in [0.1, 0.15) is 0 Å². The van der Waals surface area contributed by atoms with Gasteiger partial charge in [-0.1, -0.05) is 6.92 Å². The van der Waals surface area contributed by atoms with Crippen LogP contribution in [-0.2, 0) is 33.3 Å². The van der Waals surface area contributed by atoms with E-state index in [2.05, 4.69) is 0 Å². The first-order valence-corrected chi connectivity index (χ1v) is 7.01. The Balaban J connectivity index is 1.90. The number of rotatable bonds is 5. The third-order valence-corrected chi connectivity index (χ3v) is 3.84. The molecule has 7 nitrogen and oxygen atoms in total. The summed E-state index contributed by atoms with van der Waals surface area (Å²) in [6.45, 7) is 7.17. The van der Waals surface area contributed by atoms with Gasteiger partial charge in [0.2, 0.25) is 0 Å². The van der Waals surface area contributed by atoms with E-state index in [0.717, 1.165) is 0 Å². The molecular formula is C14H22O7. The fourth-order valence-electron chi connectivity index (χ4n) is 1.99. The molecule has 0 aliphatic carbocycles. The van der Waals surface area contributed by atoms with E-state index in [1.165, 1.54) is 6.92 Å². The van der Waals surface area contributed by atoms with Crippen molar-refractivity contribution >= 4 is 11.9 Å². The highest BCUT2D eigenvalue weighted by Gasteiger charge is 2.55. The molecule has 3 fully saturated rings. The van der Waals surface area contributed by atoms with Crippen LogP contribution in [0, 0.1) is 5.41 Å². The lowest BCUT2D eigenvalue weighted by atomic mass is 9.91. The van der Waals surface area contributed by atoms with Gasteiger partial charge < -0.3 is 23.7 Å². The molecule has 3 saturated heterocycles. The Labute approximate surface area is 123 Å². The Kier molecular flexibility index (Phi) is 4.28. The molecule has 21 heavy (non-hydrogen) atoms. The van der Waals surface area contributed by atoms with Crippen LogP contribution in [0.5, 0.6) is 0 Å². The van der Waals surface area contributed by atoms with Gasteiger partial charge in [0.15, 0.2) is 12.2 Å². The van der Waals surface area contributed by atoms with E-state index >= 15 is 0 Å². The zero-order chi connectivity index (χ0) is 15.7. The zero-order valence-electron chi connectivity index (χ0n) is 12.9. The number of hydrogen-bond acceptors (Lipinski definition) is 7. The van der Waals surface area contributed by atoms with Gasteiger partial charge in [-0.15, -0.1) is 0 Å². The summed E-state index contributed by atoms with van der Waals surface area (Å²) in [5.74, 6) is -2.14. The van der Waals surface area contributed by atoms with Crippen LogP contribution < -0.4 is 0 Å². The van der Waals surface area contributed by atoms with E-state index < -0.39 is 23.0 Å². The van der Waals surface area contributed by atoms with Crippen molar-refractivity contribution in [2.45, 2.75) is 45.7 Å². The van der Waals surface area contributed by atoms with Gasteiger partial charge in [0, 0.05) is 6.92 Å². The van der Waals surface area contributed by atoms with Gasteiger partial charge >= 0.3 is 17.9 Å². The highest BCUT2D eigenvalue weighted by Crippen LogP contribution is 2.36. The van der Waals surface area contributed by atoms with Crippen molar-refractivity contribution in [3.63, 3.8) is 0 Å². The highest BCUT2D eigenvalue weighted by atomic mass is 16.9. The molecule has 0 aromatic rings. The van der Waals surface area contributed by atoms with Gasteiger partial charge in [-0.2, -0.15) is 0 Å². The molecule has 3 heterocycles. The topological polar surface area (TPSA) is 80.3 Å². The van der Waals surface area contributed by atoms with Crippen LogP contribution in [0.25, 0.3) is 0 Å². The summed E-state index contributed by atoms with van der Waals surface area (Å²) in [5, 5.41) is 0. The van der Waals surface area contributed by atoms with E-state index in [1.807, 2.05) is 20.8 Å². The van der Waals surface area contributed by atoms with Crippen molar-refractivity contribution in [1.82, 2.24) is 0 Å². The van der Waals surface area contributed by atoms with Crippen LogP contribution in [0.4, 0.5) is 0 Å². The van der Waals surface area contributed by atoms with E-state index in [0.29, 0.717) is 6.42 Å². The van der Waals surface area contributed by atoms with Crippen LogP contribution in [0.15, 0.2) is 0 Å². The lowest BCUT2D eigenvalue weighted by Crippen LogP contribution is -2.67. The first-order chi connectivity index (χ1) is 9.73. The van der Waals surface area contributed by atoms with Crippen molar-refractivity contribution in [2.24, 2.45) is 5.41 Å². The number of carbonyl (C=O) groups is 2. The van der Waals surface area contributed by atoms with Crippen LogP contribution in [-0.4, -0.2) is 49.9 Å². The molecule has 3 aliphatic rings. The monoisotopic (exact) mass is 302 g/mol. The summed E-state index contributed by atoms with van der Waals surface area (Å²) in [6, 6.07) is 0. The number of fused-ring (bicyclic) bond motifs is 3. The molecule has 0 aromatic heterocycles. The second-order valence-electron chi connectivity index (χ2n) is 6.14. The standard InChI is InChI=1S/C14H22O7/c1-5-12(3,4)11(16)17-9-14-18-6-13(7-19-14,8-20-14)21-10(2)15/h5-9H2,1-4H3. The molecule has 0 atom stereocenters. The maximum Gasteiger partial charge on any atom is 0.319 e. The summed E-state index contributed by atoms with van der Waals surface area (Å²) < 4.78 is 26.8. The molecule has 3 aliphatic heterocycles. The Morgan fingerprint density at radius 2 is 1.67 bits per heavy atom. The number of esters is 2. The molecule has 120 valence electrons. The lowest BCUT2D eigenvalue weighted by Gasteiger charge is -2.50. The van der Waals surface area contributed by atoms with E-state index in [9.17, 15) is 9.59 Å². The van der Waals surface area contributed by atoms with E-state index in [1.54, 1.807) is 0 Å². The van der Waals surface area contributed by atoms with Gasteiger partial charge in [-0.3, -0.25) is 9.59 Å². The fraction of sp³-hybridized carbons (Fsp3) is 0.857. The van der Waals surface area contributed by atoms with Gasteiger partial charge in [-0.25, -0.2) is 0 Å². The number of carbonyl (C=O) groups excluding carboxylic acids is 2. The summed E-state index contributed by atoms with van der Waals surface area (Å²) in [4.78, 5) is 23.0. The first-order valence-electron chi connectivity index (χ1n) is 7.01. The molecule has 0 N–H and O–H groups in total. The van der Waals surface area contributed by atoms with Crippen molar-refractivity contribution in [2.75, 3.05) is 26.4 Å². The summed E-state index contributed by atoms with van der Waals surface area (Å²) >= 11 is 0. The van der Waals surface area contributed by atoms with Gasteiger partial charge in [0.05, 0.1) is 25.2 Å². The summed E-state index contributed by atoms with van der Waals surface area (Å²) in [6.07, 6.45) is 0.664. The molecule has 0 amide bonds. The number of hydrogen-bond donors (Lipinski definition) is 0. The quantitative estimate of drug-likeness (QED) is 0.701. The largest absolute Gasteiger partial charge is 0.457 e. The predicted molar refractivity (Wildman–Crippen MR) is 70.1 cm³/mol. The molecule has 0 spiro atoms. The van der Waals surface area contributed by atoms with Gasteiger partial charge in [0.25, 0.3) is 0 Å². The van der Waals surface area contributed by atoms with E-state index in [-0.39, 0.29) is 32.4 Å². The minimum Gasteiger partial charge on any atom is -0.457 e. The van der Waals surface area contributed by atoms with Crippen LogP contribution in [0.3, 0.4) is 0 Å². The Hall–Kier alpha value is -1.18. The predicted octanol–water partition coefficient (Wildman–Crippen LogP) is 0.998. The molecule has 0 unspecified atom stereocenters. The molecule has 3 rings (SSSR count). The molecule has 0 saturated carbocycles. The normalized spacial score (nSPS) is 31.8. The first kappa shape index (κ1) is 16.2. The lowest BCUT2D eigenvalue weighted by molar-refractivity contribution is -0.479. The van der Waals surface area contributed by atoms with Crippen molar-refractivity contribution in [3.8, 4) is 0 Å². The van der Waals surface area contributed by atoms with Crippen LogP contribution >= 0.6 is 0 Å². The Bertz CT molecular complexity index is 405. The maximum atomic E-state index is 12.0.